The highest BCUT2D eigenvalue weighted by Gasteiger charge is 2.41. The van der Waals surface area contributed by atoms with Crippen LogP contribution in [0.15, 0.2) is 24.3 Å². The zero-order valence-corrected chi connectivity index (χ0v) is 23.5. The largest absolute Gasteiger partial charge is 0.347 e. The van der Waals surface area contributed by atoms with E-state index in [9.17, 15) is 19.2 Å². The van der Waals surface area contributed by atoms with Gasteiger partial charge in [0, 0.05) is 19.1 Å². The minimum atomic E-state index is -0.872. The van der Waals surface area contributed by atoms with Crippen molar-refractivity contribution in [3.05, 3.63) is 35.4 Å². The fraction of sp³-hybridized carbons (Fsp3) is 0.643. The van der Waals surface area contributed by atoms with Gasteiger partial charge in [-0.1, -0.05) is 38.1 Å². The maximum atomic E-state index is 13.8. The molecule has 1 saturated heterocycles. The fourth-order valence-electron chi connectivity index (χ4n) is 5.07. The Hall–Kier alpha value is -3.14. The Labute approximate surface area is 226 Å². The number of hydrogen-bond donors (Lipinski definition) is 4. The van der Waals surface area contributed by atoms with Crippen LogP contribution in [0.3, 0.4) is 0 Å². The van der Waals surface area contributed by atoms with Crippen molar-refractivity contribution in [2.45, 2.75) is 84.1 Å². The summed E-state index contributed by atoms with van der Waals surface area (Å²) >= 11 is 0. The van der Waals surface area contributed by atoms with Crippen LogP contribution in [0.1, 0.15) is 64.6 Å². The van der Waals surface area contributed by atoms with Crippen molar-refractivity contribution in [3.63, 3.8) is 0 Å². The van der Waals surface area contributed by atoms with Crippen molar-refractivity contribution in [2.75, 3.05) is 26.7 Å². The summed E-state index contributed by atoms with van der Waals surface area (Å²) in [5, 5.41) is 11.8. The molecule has 4 N–H and O–H groups in total. The van der Waals surface area contributed by atoms with Crippen LogP contribution >= 0.6 is 0 Å². The molecule has 0 radical (unpaired) electrons. The van der Waals surface area contributed by atoms with Gasteiger partial charge in [-0.25, -0.2) is 4.79 Å². The van der Waals surface area contributed by atoms with Gasteiger partial charge < -0.3 is 31.1 Å². The van der Waals surface area contributed by atoms with Crippen LogP contribution in [-0.4, -0.2) is 84.4 Å². The number of piperazine rings is 1. The summed E-state index contributed by atoms with van der Waals surface area (Å²) in [4.78, 5) is 56.2. The number of rotatable bonds is 8. The standard InChI is InChI=1S/C28H44N6O4/c1-17(2)24(32-25(35)19(5)29-6)27(37)34-15-14-33(28(38)30-18(3)4)16-23(34)26(36)31-22-13-9-11-20-10-7-8-12-21(20)22/h7-8,10,12,17-19,22-24,29H,9,11,13-16H2,1-6H3,(H,30,38)(H,31,36)(H,32,35)/t19-,22?,23-,24-/m0/s1. The minimum Gasteiger partial charge on any atom is -0.347 e. The number of nitrogens with zero attached hydrogens (tertiary/aromatic N) is 2. The number of benzene rings is 1. The van der Waals surface area contributed by atoms with Crippen molar-refractivity contribution in [1.82, 2.24) is 31.1 Å². The molecule has 0 spiro atoms. The molecule has 10 heteroatoms. The lowest BCUT2D eigenvalue weighted by atomic mass is 9.87. The van der Waals surface area contributed by atoms with Gasteiger partial charge in [-0.2, -0.15) is 0 Å². The molecule has 0 bridgehead atoms. The van der Waals surface area contributed by atoms with Gasteiger partial charge in [0.1, 0.15) is 12.1 Å². The van der Waals surface area contributed by atoms with Crippen LogP contribution in [0.25, 0.3) is 0 Å². The predicted octanol–water partition coefficient (Wildman–Crippen LogP) is 1.56. The first-order chi connectivity index (χ1) is 18.0. The van der Waals surface area contributed by atoms with Crippen LogP contribution < -0.4 is 21.3 Å². The van der Waals surface area contributed by atoms with Gasteiger partial charge in [0.25, 0.3) is 0 Å². The summed E-state index contributed by atoms with van der Waals surface area (Å²) in [5.74, 6) is -1.08. The molecule has 4 atom stereocenters. The van der Waals surface area contributed by atoms with Crippen molar-refractivity contribution in [3.8, 4) is 0 Å². The zero-order chi connectivity index (χ0) is 28.0. The molecule has 2 aliphatic rings. The molecular formula is C28H44N6O4. The second kappa shape index (κ2) is 13.1. The molecular weight excluding hydrogens is 484 g/mol. The Bertz CT molecular complexity index is 1010. The summed E-state index contributed by atoms with van der Waals surface area (Å²) in [6.07, 6.45) is 2.75. The Balaban J connectivity index is 1.85. The molecule has 210 valence electrons. The third-order valence-corrected chi connectivity index (χ3v) is 7.41. The lowest BCUT2D eigenvalue weighted by Crippen LogP contribution is -2.66. The number of likely N-dealkylation sites (N-methyl/N-ethyl adjacent to an activating group) is 1. The first kappa shape index (κ1) is 29.4. The van der Waals surface area contributed by atoms with Crippen LogP contribution in [-0.2, 0) is 20.8 Å². The third kappa shape index (κ3) is 7.03. The molecule has 1 aromatic rings. The highest BCUT2D eigenvalue weighted by molar-refractivity contribution is 5.94. The monoisotopic (exact) mass is 528 g/mol. The normalized spacial score (nSPS) is 20.9. The second-order valence-electron chi connectivity index (χ2n) is 11.0. The van der Waals surface area contributed by atoms with Crippen molar-refractivity contribution >= 4 is 23.8 Å². The molecule has 10 nitrogen and oxygen atoms in total. The molecule has 5 amide bonds. The number of carbonyl (C=O) groups is 4. The van der Waals surface area contributed by atoms with E-state index in [-0.39, 0.29) is 54.8 Å². The average molecular weight is 529 g/mol. The first-order valence-electron chi connectivity index (χ1n) is 13.7. The molecule has 1 aliphatic carbocycles. The number of fused-ring (bicyclic) bond motifs is 1. The lowest BCUT2D eigenvalue weighted by Gasteiger charge is -2.43. The van der Waals surface area contributed by atoms with E-state index < -0.39 is 18.1 Å². The summed E-state index contributed by atoms with van der Waals surface area (Å²) in [7, 11) is 1.68. The molecule has 1 aromatic carbocycles. The topological polar surface area (TPSA) is 123 Å². The Kier molecular flexibility index (Phi) is 10.1. The summed E-state index contributed by atoms with van der Waals surface area (Å²) in [5.41, 5.74) is 2.32. The number of hydrogen-bond acceptors (Lipinski definition) is 5. The molecule has 0 saturated carbocycles. The van der Waals surface area contributed by atoms with Gasteiger partial charge in [-0.15, -0.1) is 0 Å². The van der Waals surface area contributed by atoms with E-state index in [1.165, 1.54) is 10.5 Å². The Morgan fingerprint density at radius 3 is 2.34 bits per heavy atom. The van der Waals surface area contributed by atoms with E-state index in [1.807, 2.05) is 45.9 Å². The van der Waals surface area contributed by atoms with Crippen LogP contribution in [0, 0.1) is 5.92 Å². The molecule has 3 rings (SSSR count). The second-order valence-corrected chi connectivity index (χ2v) is 11.0. The maximum Gasteiger partial charge on any atom is 0.317 e. The van der Waals surface area contributed by atoms with Gasteiger partial charge in [-0.3, -0.25) is 14.4 Å². The van der Waals surface area contributed by atoms with E-state index >= 15 is 0 Å². The van der Waals surface area contributed by atoms with Gasteiger partial charge in [0.2, 0.25) is 17.7 Å². The van der Waals surface area contributed by atoms with Gasteiger partial charge in [0.15, 0.2) is 0 Å². The fourth-order valence-corrected chi connectivity index (χ4v) is 5.07. The molecule has 1 unspecified atom stereocenters. The molecule has 1 fully saturated rings. The van der Waals surface area contributed by atoms with Crippen LogP contribution in [0.2, 0.25) is 0 Å². The number of carbonyl (C=O) groups excluding carboxylic acids is 4. The van der Waals surface area contributed by atoms with E-state index in [4.69, 9.17) is 0 Å². The number of amides is 5. The van der Waals surface area contributed by atoms with E-state index in [1.54, 1.807) is 18.9 Å². The molecule has 38 heavy (non-hydrogen) atoms. The van der Waals surface area contributed by atoms with Crippen molar-refractivity contribution in [1.29, 1.82) is 0 Å². The third-order valence-electron chi connectivity index (χ3n) is 7.41. The quantitative estimate of drug-likeness (QED) is 0.408. The number of aryl methyl sites for hydroxylation is 1. The SMILES string of the molecule is CN[C@@H](C)C(=O)N[C@H](C(=O)N1CCN(C(=O)NC(C)C)C[C@H]1C(=O)NC1CCCc2ccccc21)C(C)C. The predicted molar refractivity (Wildman–Crippen MR) is 146 cm³/mol. The average Bonchev–Trinajstić information content (AvgIpc) is 2.90. The summed E-state index contributed by atoms with van der Waals surface area (Å²) in [6, 6.07) is 5.51. The zero-order valence-electron chi connectivity index (χ0n) is 23.5. The van der Waals surface area contributed by atoms with Gasteiger partial charge in [0.05, 0.1) is 18.6 Å². The molecule has 1 heterocycles. The highest BCUT2D eigenvalue weighted by Crippen LogP contribution is 2.30. The lowest BCUT2D eigenvalue weighted by molar-refractivity contribution is -0.147. The Morgan fingerprint density at radius 1 is 0.974 bits per heavy atom. The van der Waals surface area contributed by atoms with Gasteiger partial charge >= 0.3 is 6.03 Å². The Morgan fingerprint density at radius 2 is 1.68 bits per heavy atom. The number of urea groups is 1. The van der Waals surface area contributed by atoms with E-state index in [0.717, 1.165) is 24.8 Å². The van der Waals surface area contributed by atoms with Crippen molar-refractivity contribution < 1.29 is 19.2 Å². The first-order valence-corrected chi connectivity index (χ1v) is 13.7. The van der Waals surface area contributed by atoms with Crippen LogP contribution in [0.4, 0.5) is 4.79 Å². The molecule has 1 aliphatic heterocycles. The van der Waals surface area contributed by atoms with Gasteiger partial charge in [-0.05, 0) is 64.1 Å². The minimum absolute atomic E-state index is 0.0529. The number of nitrogens with one attached hydrogen (secondary N) is 4. The highest BCUT2D eigenvalue weighted by atomic mass is 16.2. The molecule has 0 aromatic heterocycles. The van der Waals surface area contributed by atoms with Crippen LogP contribution in [0.5, 0.6) is 0 Å². The summed E-state index contributed by atoms with van der Waals surface area (Å²) in [6.45, 7) is 9.80. The summed E-state index contributed by atoms with van der Waals surface area (Å²) < 4.78 is 0. The maximum absolute atomic E-state index is 13.8. The smallest absolute Gasteiger partial charge is 0.317 e. The van der Waals surface area contributed by atoms with E-state index in [0.29, 0.717) is 6.54 Å². The van der Waals surface area contributed by atoms with Crippen molar-refractivity contribution in [2.24, 2.45) is 5.92 Å². The van der Waals surface area contributed by atoms with E-state index in [2.05, 4.69) is 27.3 Å².